The maximum Gasteiger partial charge on any atom is 0.258 e. The minimum absolute atomic E-state index is 0.0136. The number of hydrogen-bond donors (Lipinski definition) is 1. The van der Waals surface area contributed by atoms with Crippen LogP contribution >= 0.6 is 0 Å². The summed E-state index contributed by atoms with van der Waals surface area (Å²) in [6.07, 6.45) is 3.54. The third kappa shape index (κ3) is 3.99. The van der Waals surface area contributed by atoms with Crippen LogP contribution in [0.25, 0.3) is 0 Å². The van der Waals surface area contributed by atoms with Gasteiger partial charge in [-0.25, -0.2) is 4.98 Å². The van der Waals surface area contributed by atoms with Crippen molar-refractivity contribution in [3.8, 4) is 11.5 Å². The van der Waals surface area contributed by atoms with Crippen LogP contribution in [0.2, 0.25) is 0 Å². The van der Waals surface area contributed by atoms with Gasteiger partial charge in [0.05, 0.1) is 0 Å². The van der Waals surface area contributed by atoms with Gasteiger partial charge in [0.2, 0.25) is 0 Å². The van der Waals surface area contributed by atoms with Gasteiger partial charge in [0, 0.05) is 37.3 Å². The Bertz CT molecular complexity index is 823. The number of carbonyl (C=O) groups is 1. The zero-order chi connectivity index (χ0) is 18.9. The lowest BCUT2D eigenvalue weighted by atomic mass is 10.0. The minimum Gasteiger partial charge on any atom is -0.483 e. The van der Waals surface area contributed by atoms with Gasteiger partial charge in [-0.1, -0.05) is 18.2 Å². The first kappa shape index (κ1) is 17.6. The van der Waals surface area contributed by atoms with Gasteiger partial charge in [-0.05, 0) is 38.5 Å². The number of ether oxygens (including phenoxy) is 2. The van der Waals surface area contributed by atoms with E-state index in [1.54, 1.807) is 6.20 Å². The molecule has 3 heterocycles. The van der Waals surface area contributed by atoms with Crippen molar-refractivity contribution in [1.29, 1.82) is 0 Å². The van der Waals surface area contributed by atoms with E-state index in [9.17, 15) is 4.79 Å². The van der Waals surface area contributed by atoms with Crippen LogP contribution in [0.5, 0.6) is 11.5 Å². The summed E-state index contributed by atoms with van der Waals surface area (Å²) in [6.45, 7) is 5.74. The number of nitrogens with zero attached hydrogens (tertiary/aromatic N) is 2. The summed E-state index contributed by atoms with van der Waals surface area (Å²) in [5, 5.41) is 3.06. The van der Waals surface area contributed by atoms with Gasteiger partial charge >= 0.3 is 0 Å². The monoisotopic (exact) mass is 367 g/mol. The molecule has 27 heavy (non-hydrogen) atoms. The Morgan fingerprint density at radius 3 is 3.04 bits per heavy atom. The predicted octanol–water partition coefficient (Wildman–Crippen LogP) is 2.57. The molecule has 4 rings (SSSR count). The Morgan fingerprint density at radius 2 is 2.22 bits per heavy atom. The van der Waals surface area contributed by atoms with Gasteiger partial charge in [0.15, 0.2) is 18.1 Å². The Kier molecular flexibility index (Phi) is 4.64. The molecule has 1 atom stereocenters. The van der Waals surface area contributed by atoms with E-state index in [1.807, 2.05) is 36.4 Å². The van der Waals surface area contributed by atoms with E-state index >= 15 is 0 Å². The number of amides is 1. The number of hydrogen-bond acceptors (Lipinski definition) is 5. The number of aromatic nitrogens is 1. The molecule has 2 aliphatic heterocycles. The highest BCUT2D eigenvalue weighted by Gasteiger charge is 2.32. The molecule has 1 saturated heterocycles. The topological polar surface area (TPSA) is 63.7 Å². The molecular weight excluding hydrogens is 342 g/mol. The lowest BCUT2D eigenvalue weighted by Crippen LogP contribution is -2.39. The average Bonchev–Trinajstić information content (AvgIpc) is 3.23. The van der Waals surface area contributed by atoms with E-state index in [0.29, 0.717) is 5.75 Å². The summed E-state index contributed by atoms with van der Waals surface area (Å²) < 4.78 is 11.7. The van der Waals surface area contributed by atoms with Crippen molar-refractivity contribution in [2.24, 2.45) is 0 Å². The number of carbonyl (C=O) groups excluding carboxylic acids is 1. The van der Waals surface area contributed by atoms with Crippen molar-refractivity contribution in [3.05, 3.63) is 48.2 Å². The number of nitrogens with one attached hydrogen (secondary N) is 1. The smallest absolute Gasteiger partial charge is 0.258 e. The van der Waals surface area contributed by atoms with Crippen LogP contribution in [0, 0.1) is 0 Å². The number of rotatable bonds is 5. The lowest BCUT2D eigenvalue weighted by molar-refractivity contribution is -0.123. The third-order valence-electron chi connectivity index (χ3n) is 4.94. The quantitative estimate of drug-likeness (QED) is 0.880. The van der Waals surface area contributed by atoms with Gasteiger partial charge < -0.3 is 19.7 Å². The van der Waals surface area contributed by atoms with Gasteiger partial charge in [0.1, 0.15) is 11.4 Å². The largest absolute Gasteiger partial charge is 0.483 e. The molecule has 1 fully saturated rings. The Hall–Kier alpha value is -2.76. The number of fused-ring (bicyclic) bond motifs is 1. The molecule has 1 N–H and O–H groups in total. The van der Waals surface area contributed by atoms with Crippen LogP contribution in [0.4, 0.5) is 5.82 Å². The predicted molar refractivity (Wildman–Crippen MR) is 103 cm³/mol. The van der Waals surface area contributed by atoms with Crippen molar-refractivity contribution >= 4 is 11.7 Å². The van der Waals surface area contributed by atoms with E-state index in [-0.39, 0.29) is 24.2 Å². The average molecular weight is 367 g/mol. The zero-order valence-electron chi connectivity index (χ0n) is 15.8. The molecule has 6 heteroatoms. The summed E-state index contributed by atoms with van der Waals surface area (Å²) in [6, 6.07) is 11.8. The highest BCUT2D eigenvalue weighted by molar-refractivity contribution is 5.78. The summed E-state index contributed by atoms with van der Waals surface area (Å²) in [4.78, 5) is 18.9. The maximum absolute atomic E-state index is 12.3. The van der Waals surface area contributed by atoms with Crippen molar-refractivity contribution in [1.82, 2.24) is 10.3 Å². The van der Waals surface area contributed by atoms with E-state index in [2.05, 4.69) is 29.0 Å². The van der Waals surface area contributed by atoms with Crippen molar-refractivity contribution in [3.63, 3.8) is 0 Å². The molecule has 142 valence electrons. The molecule has 0 bridgehead atoms. The Labute approximate surface area is 159 Å². The highest BCUT2D eigenvalue weighted by atomic mass is 16.5. The van der Waals surface area contributed by atoms with Crippen LogP contribution in [0.1, 0.15) is 25.8 Å². The van der Waals surface area contributed by atoms with Crippen LogP contribution in [-0.4, -0.2) is 42.2 Å². The highest BCUT2D eigenvalue weighted by Crippen LogP contribution is 2.41. The molecular formula is C21H25N3O3. The standard InChI is InChI=1S/C21H25N3O3/c1-21(2)12-15-6-5-7-17(20(15)27-21)26-14-19(25)23-16-9-11-24(13-16)18-8-3-4-10-22-18/h3-8,10,16H,9,11-14H2,1-2H3,(H,23,25). The van der Waals surface area contributed by atoms with Crippen LogP contribution in [-0.2, 0) is 11.2 Å². The van der Waals surface area contributed by atoms with E-state index < -0.39 is 0 Å². The molecule has 6 nitrogen and oxygen atoms in total. The van der Waals surface area contributed by atoms with Crippen LogP contribution in [0.15, 0.2) is 42.6 Å². The van der Waals surface area contributed by atoms with Gasteiger partial charge in [-0.15, -0.1) is 0 Å². The zero-order valence-corrected chi connectivity index (χ0v) is 15.8. The third-order valence-corrected chi connectivity index (χ3v) is 4.94. The molecule has 2 aliphatic rings. The fourth-order valence-electron chi connectivity index (χ4n) is 3.74. The molecule has 1 unspecified atom stereocenters. The second-order valence-corrected chi connectivity index (χ2v) is 7.76. The summed E-state index contributed by atoms with van der Waals surface area (Å²) in [5.74, 6) is 2.23. The van der Waals surface area contributed by atoms with Crippen molar-refractivity contribution in [2.75, 3.05) is 24.6 Å². The van der Waals surface area contributed by atoms with Gasteiger partial charge in [-0.2, -0.15) is 0 Å². The summed E-state index contributed by atoms with van der Waals surface area (Å²) >= 11 is 0. The first-order valence-corrected chi connectivity index (χ1v) is 9.39. The second kappa shape index (κ2) is 7.10. The summed E-state index contributed by atoms with van der Waals surface area (Å²) in [7, 11) is 0. The number of anilines is 1. The normalized spacial score (nSPS) is 20.1. The molecule has 1 aromatic heterocycles. The number of para-hydroxylation sites is 1. The Balaban J connectivity index is 1.30. The molecule has 0 saturated carbocycles. The molecule has 1 aromatic carbocycles. The SMILES string of the molecule is CC1(C)Cc2cccc(OCC(=O)NC3CCN(c4ccccn4)C3)c2O1. The Morgan fingerprint density at radius 1 is 1.33 bits per heavy atom. The van der Waals surface area contributed by atoms with Crippen molar-refractivity contribution in [2.45, 2.75) is 38.3 Å². The first-order valence-electron chi connectivity index (χ1n) is 9.39. The molecule has 0 radical (unpaired) electrons. The second-order valence-electron chi connectivity index (χ2n) is 7.76. The fraction of sp³-hybridized carbons (Fsp3) is 0.429. The van der Waals surface area contributed by atoms with Gasteiger partial charge in [0.25, 0.3) is 5.91 Å². The first-order chi connectivity index (χ1) is 13.0. The molecule has 2 aromatic rings. The lowest BCUT2D eigenvalue weighted by Gasteiger charge is -2.19. The van der Waals surface area contributed by atoms with E-state index in [1.165, 1.54) is 0 Å². The number of benzene rings is 1. The minimum atomic E-state index is -0.233. The summed E-state index contributed by atoms with van der Waals surface area (Å²) in [5.41, 5.74) is 0.891. The van der Waals surface area contributed by atoms with E-state index in [4.69, 9.17) is 9.47 Å². The molecule has 0 aliphatic carbocycles. The van der Waals surface area contributed by atoms with Crippen LogP contribution in [0.3, 0.4) is 0 Å². The van der Waals surface area contributed by atoms with Gasteiger partial charge in [-0.3, -0.25) is 4.79 Å². The maximum atomic E-state index is 12.3. The molecule has 0 spiro atoms. The fourth-order valence-corrected chi connectivity index (χ4v) is 3.74. The van der Waals surface area contributed by atoms with Crippen molar-refractivity contribution < 1.29 is 14.3 Å². The van der Waals surface area contributed by atoms with Crippen LogP contribution < -0.4 is 19.7 Å². The number of pyridine rings is 1. The van der Waals surface area contributed by atoms with E-state index in [0.717, 1.165) is 43.1 Å². The molecule has 1 amide bonds.